The normalized spacial score (nSPS) is 10.1. The van der Waals surface area contributed by atoms with Crippen LogP contribution in [0, 0.1) is 28.7 Å². The molecule has 5 nitrogen and oxygen atoms in total. The van der Waals surface area contributed by atoms with Gasteiger partial charge in [0.05, 0.1) is 17.7 Å². The van der Waals surface area contributed by atoms with Crippen molar-refractivity contribution in [3.8, 4) is 6.07 Å². The molecule has 0 saturated heterocycles. The molecule has 124 valence electrons. The smallest absolute Gasteiger partial charge is 0.348 e. The van der Waals surface area contributed by atoms with E-state index < -0.39 is 5.97 Å². The Balaban J connectivity index is 2.38. The highest BCUT2D eigenvalue weighted by Gasteiger charge is 2.23. The molecule has 1 N–H and O–H groups in total. The van der Waals surface area contributed by atoms with Gasteiger partial charge in [0.1, 0.15) is 15.9 Å². The van der Waals surface area contributed by atoms with E-state index >= 15 is 0 Å². The first-order chi connectivity index (χ1) is 11.4. The van der Waals surface area contributed by atoms with E-state index in [1.165, 1.54) is 0 Å². The van der Waals surface area contributed by atoms with Crippen molar-refractivity contribution in [3.63, 3.8) is 0 Å². The topological polar surface area (TPSA) is 79.2 Å². The molecule has 2 rings (SSSR count). The minimum absolute atomic E-state index is 0.251. The second kappa shape index (κ2) is 7.77. The van der Waals surface area contributed by atoms with Crippen LogP contribution in [0.3, 0.4) is 0 Å². The van der Waals surface area contributed by atoms with Gasteiger partial charge in [-0.25, -0.2) is 4.79 Å². The number of amides is 1. The predicted octanol–water partition coefficient (Wildman–Crippen LogP) is 4.27. The molecule has 24 heavy (non-hydrogen) atoms. The molecular formula is C17H15IN2O3S. The largest absolute Gasteiger partial charge is 0.462 e. The molecule has 0 unspecified atom stereocenters. The maximum absolute atomic E-state index is 12.5. The highest BCUT2D eigenvalue weighted by Crippen LogP contribution is 2.33. The average molecular weight is 454 g/mol. The van der Waals surface area contributed by atoms with Gasteiger partial charge in [-0.3, -0.25) is 4.79 Å². The van der Waals surface area contributed by atoms with Crippen LogP contribution in [0.2, 0.25) is 0 Å². The number of ether oxygens (including phenoxy) is 1. The molecular weight excluding hydrogens is 439 g/mol. The minimum Gasteiger partial charge on any atom is -0.462 e. The molecule has 0 radical (unpaired) electrons. The summed E-state index contributed by atoms with van der Waals surface area (Å²) in [6, 6.07) is 7.51. The molecule has 0 spiro atoms. The number of halogens is 1. The second-order valence-electron chi connectivity index (χ2n) is 4.98. The number of nitriles is 1. The van der Waals surface area contributed by atoms with E-state index in [1.54, 1.807) is 26.0 Å². The van der Waals surface area contributed by atoms with E-state index in [9.17, 15) is 14.9 Å². The zero-order chi connectivity index (χ0) is 17.9. The fourth-order valence-corrected chi connectivity index (χ4v) is 3.77. The number of aryl methyl sites for hydroxylation is 1. The molecule has 0 aliphatic carbocycles. The number of esters is 1. The Morgan fingerprint density at radius 1 is 1.38 bits per heavy atom. The summed E-state index contributed by atoms with van der Waals surface area (Å²) < 4.78 is 5.85. The third-order valence-corrected chi connectivity index (χ3v) is 6.00. The van der Waals surface area contributed by atoms with Gasteiger partial charge in [-0.1, -0.05) is 12.1 Å². The number of thiophene rings is 1. The van der Waals surface area contributed by atoms with E-state index in [0.717, 1.165) is 20.5 Å². The van der Waals surface area contributed by atoms with Crippen LogP contribution in [-0.4, -0.2) is 18.5 Å². The number of nitrogens with one attached hydrogen (secondary N) is 1. The molecule has 1 aromatic carbocycles. The SMILES string of the molecule is CCOC(=O)c1sc(NC(=O)c2cccc(C)c2I)c(C#N)c1C. The lowest BCUT2D eigenvalue weighted by Crippen LogP contribution is -2.13. The van der Waals surface area contributed by atoms with Gasteiger partial charge in [0.2, 0.25) is 0 Å². The van der Waals surface area contributed by atoms with Crippen molar-refractivity contribution in [1.29, 1.82) is 5.26 Å². The summed E-state index contributed by atoms with van der Waals surface area (Å²) in [6.45, 7) is 5.57. The van der Waals surface area contributed by atoms with Crippen LogP contribution < -0.4 is 5.32 Å². The average Bonchev–Trinajstić information content (AvgIpc) is 2.85. The van der Waals surface area contributed by atoms with Gasteiger partial charge >= 0.3 is 5.97 Å². The Morgan fingerprint density at radius 3 is 2.71 bits per heavy atom. The van der Waals surface area contributed by atoms with Crippen LogP contribution in [0.15, 0.2) is 18.2 Å². The summed E-state index contributed by atoms with van der Waals surface area (Å²) in [5, 5.41) is 12.5. The monoisotopic (exact) mass is 454 g/mol. The molecule has 0 aliphatic rings. The van der Waals surface area contributed by atoms with E-state index in [2.05, 4.69) is 34.0 Å². The number of hydrogen-bond donors (Lipinski definition) is 1. The van der Waals surface area contributed by atoms with Gasteiger partial charge in [0.15, 0.2) is 0 Å². The van der Waals surface area contributed by atoms with Crippen molar-refractivity contribution >= 4 is 50.8 Å². The quantitative estimate of drug-likeness (QED) is 0.553. The number of carbonyl (C=O) groups excluding carboxylic acids is 2. The maximum Gasteiger partial charge on any atom is 0.348 e. The number of anilines is 1. The highest BCUT2D eigenvalue weighted by atomic mass is 127. The number of carbonyl (C=O) groups is 2. The molecule has 0 saturated carbocycles. The third kappa shape index (κ3) is 3.60. The summed E-state index contributed by atoms with van der Waals surface area (Å²) >= 11 is 3.18. The third-order valence-electron chi connectivity index (χ3n) is 3.38. The highest BCUT2D eigenvalue weighted by molar-refractivity contribution is 14.1. The molecule has 1 heterocycles. The summed E-state index contributed by atoms with van der Waals surface area (Å²) in [6.07, 6.45) is 0. The van der Waals surface area contributed by atoms with Crippen molar-refractivity contribution in [2.75, 3.05) is 11.9 Å². The van der Waals surface area contributed by atoms with Crippen LogP contribution in [0.4, 0.5) is 5.00 Å². The lowest BCUT2D eigenvalue weighted by molar-refractivity contribution is 0.0531. The Labute approximate surface area is 157 Å². The van der Waals surface area contributed by atoms with E-state index in [1.807, 2.05) is 13.0 Å². The molecule has 0 aliphatic heterocycles. The van der Waals surface area contributed by atoms with Crippen molar-refractivity contribution in [1.82, 2.24) is 0 Å². The Bertz CT molecular complexity index is 852. The fraction of sp³-hybridized carbons (Fsp3) is 0.235. The van der Waals surface area contributed by atoms with Crippen LogP contribution in [0.5, 0.6) is 0 Å². The fourth-order valence-electron chi connectivity index (χ4n) is 2.12. The molecule has 0 fully saturated rings. The summed E-state index contributed by atoms with van der Waals surface area (Å²) in [7, 11) is 0. The molecule has 1 amide bonds. The number of hydrogen-bond acceptors (Lipinski definition) is 5. The van der Waals surface area contributed by atoms with Crippen molar-refractivity contribution in [2.45, 2.75) is 20.8 Å². The molecule has 1 aromatic heterocycles. The first kappa shape index (κ1) is 18.4. The first-order valence-corrected chi connectivity index (χ1v) is 9.07. The Hall–Kier alpha value is -1.92. The standard InChI is InChI=1S/C17H15IN2O3S/c1-4-23-17(22)14-10(3)12(8-19)16(24-14)20-15(21)11-7-5-6-9(2)13(11)18/h5-7H,4H2,1-3H3,(H,20,21). The van der Waals surface area contributed by atoms with Gasteiger partial charge in [0, 0.05) is 3.57 Å². The summed E-state index contributed by atoms with van der Waals surface area (Å²) in [5.74, 6) is -0.793. The van der Waals surface area contributed by atoms with Gasteiger partial charge in [-0.15, -0.1) is 11.3 Å². The second-order valence-corrected chi connectivity index (χ2v) is 7.08. The summed E-state index contributed by atoms with van der Waals surface area (Å²) in [5.41, 5.74) is 2.34. The molecule has 7 heteroatoms. The molecule has 0 bridgehead atoms. The van der Waals surface area contributed by atoms with E-state index in [-0.39, 0.29) is 12.5 Å². The number of rotatable bonds is 4. The van der Waals surface area contributed by atoms with Gasteiger partial charge in [-0.2, -0.15) is 5.26 Å². The van der Waals surface area contributed by atoms with Crippen molar-refractivity contribution in [3.05, 3.63) is 48.9 Å². The summed E-state index contributed by atoms with van der Waals surface area (Å²) in [4.78, 5) is 24.8. The van der Waals surface area contributed by atoms with Crippen LogP contribution >= 0.6 is 33.9 Å². The van der Waals surface area contributed by atoms with Gasteiger partial charge in [-0.05, 0) is 60.6 Å². The lowest BCUT2D eigenvalue weighted by atomic mass is 10.1. The minimum atomic E-state index is -0.484. The van der Waals surface area contributed by atoms with Gasteiger partial charge in [0.25, 0.3) is 5.91 Å². The van der Waals surface area contributed by atoms with Crippen LogP contribution in [0.25, 0.3) is 0 Å². The van der Waals surface area contributed by atoms with Crippen LogP contribution in [0.1, 0.15) is 43.6 Å². The van der Waals surface area contributed by atoms with Crippen LogP contribution in [-0.2, 0) is 4.74 Å². The first-order valence-electron chi connectivity index (χ1n) is 7.17. The molecule has 2 aromatic rings. The number of nitrogens with zero attached hydrogens (tertiary/aromatic N) is 1. The van der Waals surface area contributed by atoms with E-state index in [0.29, 0.717) is 26.6 Å². The number of benzene rings is 1. The zero-order valence-electron chi connectivity index (χ0n) is 13.4. The maximum atomic E-state index is 12.5. The van der Waals surface area contributed by atoms with Crippen molar-refractivity contribution < 1.29 is 14.3 Å². The lowest BCUT2D eigenvalue weighted by Gasteiger charge is -2.07. The Morgan fingerprint density at radius 2 is 2.08 bits per heavy atom. The predicted molar refractivity (Wildman–Crippen MR) is 102 cm³/mol. The molecule has 0 atom stereocenters. The Kier molecular flexibility index (Phi) is 5.96. The zero-order valence-corrected chi connectivity index (χ0v) is 16.4. The van der Waals surface area contributed by atoms with Crippen molar-refractivity contribution in [2.24, 2.45) is 0 Å². The van der Waals surface area contributed by atoms with E-state index in [4.69, 9.17) is 4.74 Å². The van der Waals surface area contributed by atoms with Gasteiger partial charge < -0.3 is 10.1 Å².